The van der Waals surface area contributed by atoms with Crippen LogP contribution in [-0.4, -0.2) is 52.4 Å². The van der Waals surface area contributed by atoms with Crippen molar-refractivity contribution in [3.8, 4) is 0 Å². The first kappa shape index (κ1) is 12.1. The van der Waals surface area contributed by atoms with Crippen molar-refractivity contribution >= 4 is 0 Å². The third kappa shape index (κ3) is 2.16. The van der Waals surface area contributed by atoms with E-state index >= 15 is 0 Å². The Balaban J connectivity index is 2.83. The fraction of sp³-hybridized carbons (Fsp3) is 1.00. The first-order valence-corrected chi connectivity index (χ1v) is 3.99. The molecule has 1 fully saturated rings. The van der Waals surface area contributed by atoms with Gasteiger partial charge in [-0.3, -0.25) is 0 Å². The van der Waals surface area contributed by atoms with Crippen LogP contribution in [0.25, 0.3) is 10.4 Å². The molecule has 0 saturated carbocycles. The van der Waals surface area contributed by atoms with E-state index in [-0.39, 0.29) is 0 Å². The summed E-state index contributed by atoms with van der Waals surface area (Å²) < 4.78 is 30.7. The fourth-order valence-corrected chi connectivity index (χ4v) is 1.19. The van der Waals surface area contributed by atoms with Gasteiger partial charge in [0, 0.05) is 4.91 Å². The Morgan fingerprint density at radius 3 is 2.53 bits per heavy atom. The number of aliphatic hydroxyl groups excluding tert-OH is 3. The van der Waals surface area contributed by atoms with Crippen molar-refractivity contribution in [2.75, 3.05) is 6.54 Å². The molecular formula is C6H9F2N3O4. The number of aliphatic hydroxyl groups is 3. The minimum atomic E-state index is -3.78. The maximum Gasteiger partial charge on any atom is 0.301 e. The zero-order valence-corrected chi connectivity index (χ0v) is 7.36. The molecule has 1 heterocycles. The maximum absolute atomic E-state index is 13.2. The number of hydrogen-bond donors (Lipinski definition) is 3. The summed E-state index contributed by atoms with van der Waals surface area (Å²) in [6, 6.07) is 0. The second kappa shape index (κ2) is 4.25. The number of alkyl halides is 2. The van der Waals surface area contributed by atoms with Gasteiger partial charge in [-0.2, -0.15) is 0 Å². The summed E-state index contributed by atoms with van der Waals surface area (Å²) in [5.41, 5.74) is 7.93. The summed E-state index contributed by atoms with van der Waals surface area (Å²) in [6.45, 7) is -0.746. The number of halogens is 2. The number of rotatable bonds is 2. The van der Waals surface area contributed by atoms with E-state index in [9.17, 15) is 8.78 Å². The van der Waals surface area contributed by atoms with Crippen LogP contribution in [0.2, 0.25) is 0 Å². The third-order valence-corrected chi connectivity index (χ3v) is 2.05. The van der Waals surface area contributed by atoms with Crippen molar-refractivity contribution in [1.29, 1.82) is 0 Å². The largest absolute Gasteiger partial charge is 0.385 e. The minimum Gasteiger partial charge on any atom is -0.385 e. The van der Waals surface area contributed by atoms with Gasteiger partial charge in [-0.1, -0.05) is 5.11 Å². The molecule has 0 aliphatic carbocycles. The molecule has 0 radical (unpaired) electrons. The highest BCUT2D eigenvalue weighted by atomic mass is 19.3. The maximum atomic E-state index is 13.2. The Labute approximate surface area is 82.5 Å². The average molecular weight is 225 g/mol. The van der Waals surface area contributed by atoms with Gasteiger partial charge >= 0.3 is 5.92 Å². The van der Waals surface area contributed by atoms with Crippen molar-refractivity contribution in [3.63, 3.8) is 0 Å². The van der Waals surface area contributed by atoms with Gasteiger partial charge in [0.1, 0.15) is 12.2 Å². The highest BCUT2D eigenvalue weighted by Gasteiger charge is 2.56. The van der Waals surface area contributed by atoms with E-state index in [1.54, 1.807) is 0 Å². The van der Waals surface area contributed by atoms with E-state index < -0.39 is 37.1 Å². The molecule has 86 valence electrons. The van der Waals surface area contributed by atoms with Crippen LogP contribution >= 0.6 is 0 Å². The Hall–Kier alpha value is -0.990. The highest BCUT2D eigenvalue weighted by molar-refractivity contribution is 4.95. The van der Waals surface area contributed by atoms with Gasteiger partial charge in [0.25, 0.3) is 0 Å². The molecule has 1 aliphatic rings. The van der Waals surface area contributed by atoms with Crippen LogP contribution in [0.15, 0.2) is 5.11 Å². The van der Waals surface area contributed by atoms with Crippen LogP contribution in [0.5, 0.6) is 0 Å². The number of nitrogens with zero attached hydrogens (tertiary/aromatic N) is 3. The van der Waals surface area contributed by atoms with Crippen LogP contribution in [0, 0.1) is 0 Å². The van der Waals surface area contributed by atoms with Crippen molar-refractivity contribution in [2.45, 2.75) is 30.5 Å². The van der Waals surface area contributed by atoms with Gasteiger partial charge in [-0.25, -0.2) is 8.78 Å². The van der Waals surface area contributed by atoms with Crippen molar-refractivity contribution < 1.29 is 28.8 Å². The van der Waals surface area contributed by atoms with E-state index in [2.05, 4.69) is 14.8 Å². The molecule has 0 unspecified atom stereocenters. The molecule has 3 N–H and O–H groups in total. The van der Waals surface area contributed by atoms with Crippen LogP contribution in [0.3, 0.4) is 0 Å². The molecule has 0 aromatic carbocycles. The molecule has 4 atom stereocenters. The Morgan fingerprint density at radius 2 is 2.00 bits per heavy atom. The van der Waals surface area contributed by atoms with Crippen LogP contribution in [-0.2, 0) is 4.74 Å². The number of hydrogen-bond acceptors (Lipinski definition) is 5. The fourth-order valence-electron chi connectivity index (χ4n) is 1.19. The van der Waals surface area contributed by atoms with E-state index in [1.807, 2.05) is 0 Å². The quantitative estimate of drug-likeness (QED) is 0.329. The molecular weight excluding hydrogens is 216 g/mol. The predicted molar refractivity (Wildman–Crippen MR) is 41.9 cm³/mol. The summed E-state index contributed by atoms with van der Waals surface area (Å²) >= 11 is 0. The second-order valence-electron chi connectivity index (χ2n) is 3.04. The third-order valence-electron chi connectivity index (χ3n) is 2.05. The molecule has 0 aromatic heterocycles. The molecule has 0 bridgehead atoms. The SMILES string of the molecule is [N-]=[N+]=NC[C@H]1O[C@H](O)[C@H](O)[C@@H](O)C1(F)F. The molecule has 0 amide bonds. The summed E-state index contributed by atoms with van der Waals surface area (Å²) in [5, 5.41) is 29.7. The molecule has 15 heavy (non-hydrogen) atoms. The van der Waals surface area contributed by atoms with E-state index in [1.165, 1.54) is 0 Å². The van der Waals surface area contributed by atoms with Crippen molar-refractivity contribution in [3.05, 3.63) is 10.4 Å². The van der Waals surface area contributed by atoms with Crippen LogP contribution < -0.4 is 0 Å². The lowest BCUT2D eigenvalue weighted by molar-refractivity contribution is -0.327. The summed E-state index contributed by atoms with van der Waals surface area (Å²) in [6.07, 6.45) is -8.44. The van der Waals surface area contributed by atoms with Gasteiger partial charge in [-0.15, -0.1) is 0 Å². The monoisotopic (exact) mass is 225 g/mol. The van der Waals surface area contributed by atoms with Gasteiger partial charge < -0.3 is 20.1 Å². The lowest BCUT2D eigenvalue weighted by atomic mass is 9.98. The first-order valence-electron chi connectivity index (χ1n) is 3.99. The van der Waals surface area contributed by atoms with Crippen molar-refractivity contribution in [1.82, 2.24) is 0 Å². The lowest BCUT2D eigenvalue weighted by Crippen LogP contribution is -2.62. The Bertz CT molecular complexity index is 284. The lowest BCUT2D eigenvalue weighted by Gasteiger charge is -2.40. The average Bonchev–Trinajstić information content (AvgIpc) is 2.19. The predicted octanol–water partition coefficient (Wildman–Crippen LogP) is -0.629. The van der Waals surface area contributed by atoms with E-state index in [4.69, 9.17) is 20.9 Å². The summed E-state index contributed by atoms with van der Waals surface area (Å²) in [7, 11) is 0. The smallest absolute Gasteiger partial charge is 0.301 e. The standard InChI is InChI=1S/C6H9F2N3O4/c7-6(8)2(1-10-11-9)15-5(14)3(12)4(6)13/h2-5,12-14H,1H2/t2-,3-,4-,5+/m1/s1. The van der Waals surface area contributed by atoms with Gasteiger partial charge in [-0.05, 0) is 5.53 Å². The van der Waals surface area contributed by atoms with Gasteiger partial charge in [0.2, 0.25) is 0 Å². The molecule has 1 aliphatic heterocycles. The van der Waals surface area contributed by atoms with E-state index in [0.717, 1.165) is 0 Å². The Morgan fingerprint density at radius 1 is 1.40 bits per heavy atom. The van der Waals surface area contributed by atoms with Crippen molar-refractivity contribution in [2.24, 2.45) is 5.11 Å². The number of ether oxygens (including phenoxy) is 1. The van der Waals surface area contributed by atoms with Crippen LogP contribution in [0.1, 0.15) is 0 Å². The molecule has 1 saturated heterocycles. The van der Waals surface area contributed by atoms with Crippen LogP contribution in [0.4, 0.5) is 8.78 Å². The topological polar surface area (TPSA) is 119 Å². The zero-order chi connectivity index (χ0) is 11.6. The molecule has 0 aromatic rings. The minimum absolute atomic E-state index is 0.746. The first-order chi connectivity index (χ1) is 6.91. The normalized spacial score (nSPS) is 39.5. The summed E-state index contributed by atoms with van der Waals surface area (Å²) in [4.78, 5) is 2.25. The number of azide groups is 1. The van der Waals surface area contributed by atoms with Gasteiger partial charge in [0.05, 0.1) is 6.54 Å². The molecule has 0 spiro atoms. The molecule has 1 rings (SSSR count). The summed E-state index contributed by atoms with van der Waals surface area (Å²) in [5.74, 6) is -3.78. The molecule has 9 heteroatoms. The Kier molecular flexibility index (Phi) is 3.42. The molecule has 7 nitrogen and oxygen atoms in total. The second-order valence-corrected chi connectivity index (χ2v) is 3.04. The zero-order valence-electron chi connectivity index (χ0n) is 7.36. The van der Waals surface area contributed by atoms with Gasteiger partial charge in [0.15, 0.2) is 12.4 Å². The highest BCUT2D eigenvalue weighted by Crippen LogP contribution is 2.34. The van der Waals surface area contributed by atoms with E-state index in [0.29, 0.717) is 0 Å².